The van der Waals surface area contributed by atoms with Gasteiger partial charge in [0.05, 0.1) is 32.1 Å². The minimum Gasteiger partial charge on any atom is -0.389 e. The smallest absolute Gasteiger partial charge is 0.0897 e. The lowest BCUT2D eigenvalue weighted by Crippen LogP contribution is -2.30. The van der Waals surface area contributed by atoms with Gasteiger partial charge in [-0.15, -0.1) is 0 Å². The van der Waals surface area contributed by atoms with E-state index >= 15 is 0 Å². The molecule has 0 aliphatic rings. The van der Waals surface area contributed by atoms with Crippen molar-refractivity contribution in [3.63, 3.8) is 0 Å². The maximum Gasteiger partial charge on any atom is 0.0897 e. The highest BCUT2D eigenvalue weighted by atomic mass is 16.5. The van der Waals surface area contributed by atoms with Crippen molar-refractivity contribution >= 4 is 0 Å². The van der Waals surface area contributed by atoms with Gasteiger partial charge in [-0.3, -0.25) is 4.68 Å². The molecular weight excluding hydrogens is 234 g/mol. The predicted molar refractivity (Wildman–Crippen MR) is 68.4 cm³/mol. The van der Waals surface area contributed by atoms with E-state index in [0.717, 1.165) is 11.3 Å². The van der Waals surface area contributed by atoms with Gasteiger partial charge in [-0.05, 0) is 6.92 Å². The average molecular weight is 257 g/mol. The molecule has 1 atom stereocenters. The van der Waals surface area contributed by atoms with Crippen LogP contribution in [0.25, 0.3) is 0 Å². The molecule has 2 N–H and O–H groups in total. The van der Waals surface area contributed by atoms with Gasteiger partial charge >= 0.3 is 0 Å². The zero-order valence-corrected chi connectivity index (χ0v) is 11.3. The van der Waals surface area contributed by atoms with E-state index in [1.54, 1.807) is 7.11 Å². The van der Waals surface area contributed by atoms with Crippen LogP contribution in [0.2, 0.25) is 0 Å². The maximum atomic E-state index is 9.65. The molecule has 0 fully saturated rings. The Balaban J connectivity index is 2.11. The lowest BCUT2D eigenvalue weighted by atomic mass is 10.2. The number of aryl methyl sites for hydroxylation is 1. The second kappa shape index (κ2) is 8.20. The first-order chi connectivity index (χ1) is 8.65. The number of rotatable bonds is 9. The highest BCUT2D eigenvalue weighted by Gasteiger charge is 2.06. The first kappa shape index (κ1) is 15.1. The van der Waals surface area contributed by atoms with Crippen LogP contribution in [-0.2, 0) is 23.1 Å². The fourth-order valence-electron chi connectivity index (χ4n) is 1.51. The third-order valence-electron chi connectivity index (χ3n) is 2.77. The number of nitrogens with zero attached hydrogens (tertiary/aromatic N) is 2. The van der Waals surface area contributed by atoms with E-state index in [4.69, 9.17) is 9.47 Å². The standard InChI is InChI=1S/C12H23N3O3/c1-10-11(7-14-15(10)2)6-13-8-12(16)9-18-5-4-17-3/h7,12-13,16H,4-6,8-9H2,1-3H3. The summed E-state index contributed by atoms with van der Waals surface area (Å²) in [6.07, 6.45) is 1.34. The van der Waals surface area contributed by atoms with E-state index < -0.39 is 6.10 Å². The summed E-state index contributed by atoms with van der Waals surface area (Å²) < 4.78 is 11.9. The molecule has 0 amide bonds. The molecule has 0 spiro atoms. The van der Waals surface area contributed by atoms with E-state index in [1.807, 2.05) is 24.9 Å². The third-order valence-corrected chi connectivity index (χ3v) is 2.77. The summed E-state index contributed by atoms with van der Waals surface area (Å²) in [6.45, 7) is 4.61. The molecule has 0 bridgehead atoms. The van der Waals surface area contributed by atoms with Crippen LogP contribution in [0.4, 0.5) is 0 Å². The van der Waals surface area contributed by atoms with Gasteiger partial charge in [-0.25, -0.2) is 0 Å². The first-order valence-electron chi connectivity index (χ1n) is 6.08. The molecule has 0 aliphatic heterocycles. The van der Waals surface area contributed by atoms with Crippen LogP contribution in [0.1, 0.15) is 11.3 Å². The van der Waals surface area contributed by atoms with E-state index in [-0.39, 0.29) is 0 Å². The second-order valence-electron chi connectivity index (χ2n) is 4.23. The first-order valence-corrected chi connectivity index (χ1v) is 6.08. The number of ether oxygens (including phenoxy) is 2. The Morgan fingerprint density at radius 2 is 2.28 bits per heavy atom. The van der Waals surface area contributed by atoms with Crippen LogP contribution in [0.3, 0.4) is 0 Å². The van der Waals surface area contributed by atoms with Crippen molar-refractivity contribution in [1.29, 1.82) is 0 Å². The third kappa shape index (κ3) is 5.14. The topological polar surface area (TPSA) is 68.5 Å². The van der Waals surface area contributed by atoms with Crippen LogP contribution in [0.5, 0.6) is 0 Å². The summed E-state index contributed by atoms with van der Waals surface area (Å²) in [4.78, 5) is 0. The lowest BCUT2D eigenvalue weighted by Gasteiger charge is -2.12. The number of aliphatic hydroxyl groups excluding tert-OH is 1. The van der Waals surface area contributed by atoms with Gasteiger partial charge in [-0.2, -0.15) is 5.10 Å². The number of nitrogens with one attached hydrogen (secondary N) is 1. The molecular formula is C12H23N3O3. The summed E-state index contributed by atoms with van der Waals surface area (Å²) in [5, 5.41) is 17.0. The van der Waals surface area contributed by atoms with Crippen LogP contribution in [0, 0.1) is 6.92 Å². The molecule has 0 aromatic carbocycles. The van der Waals surface area contributed by atoms with E-state index in [2.05, 4.69) is 10.4 Å². The largest absolute Gasteiger partial charge is 0.389 e. The Kier molecular flexibility index (Phi) is 6.89. The van der Waals surface area contributed by atoms with Crippen molar-refractivity contribution in [3.05, 3.63) is 17.5 Å². The summed E-state index contributed by atoms with van der Waals surface area (Å²) in [6, 6.07) is 0. The number of hydrogen-bond donors (Lipinski definition) is 2. The minimum atomic E-state index is -0.501. The fraction of sp³-hybridized carbons (Fsp3) is 0.750. The van der Waals surface area contributed by atoms with E-state index in [0.29, 0.717) is 32.9 Å². The Labute approximate surface area is 108 Å². The van der Waals surface area contributed by atoms with Crippen molar-refractivity contribution in [2.75, 3.05) is 33.5 Å². The molecule has 1 heterocycles. The van der Waals surface area contributed by atoms with Gasteiger partial charge in [0.1, 0.15) is 0 Å². The molecule has 1 aromatic rings. The molecule has 1 aromatic heterocycles. The molecule has 1 unspecified atom stereocenters. The number of methoxy groups -OCH3 is 1. The Bertz CT molecular complexity index is 341. The van der Waals surface area contributed by atoms with Crippen LogP contribution in [-0.4, -0.2) is 54.5 Å². The lowest BCUT2D eigenvalue weighted by molar-refractivity contribution is 0.0137. The van der Waals surface area contributed by atoms with Crippen LogP contribution < -0.4 is 5.32 Å². The van der Waals surface area contributed by atoms with Crippen LogP contribution in [0.15, 0.2) is 6.20 Å². The summed E-state index contributed by atoms with van der Waals surface area (Å²) in [5.41, 5.74) is 2.28. The predicted octanol–water partition coefficient (Wildman–Crippen LogP) is -0.158. The van der Waals surface area contributed by atoms with Gasteiger partial charge in [0, 0.05) is 38.5 Å². The molecule has 18 heavy (non-hydrogen) atoms. The molecule has 6 nitrogen and oxygen atoms in total. The van der Waals surface area contributed by atoms with Gasteiger partial charge < -0.3 is 19.9 Å². The second-order valence-corrected chi connectivity index (χ2v) is 4.23. The average Bonchev–Trinajstić information content (AvgIpc) is 2.67. The summed E-state index contributed by atoms with van der Waals surface area (Å²) in [5.74, 6) is 0. The monoisotopic (exact) mass is 257 g/mol. The normalized spacial score (nSPS) is 12.9. The van der Waals surface area contributed by atoms with Gasteiger partial charge in [0.15, 0.2) is 0 Å². The van der Waals surface area contributed by atoms with Crippen molar-refractivity contribution in [1.82, 2.24) is 15.1 Å². The van der Waals surface area contributed by atoms with Crippen molar-refractivity contribution < 1.29 is 14.6 Å². The van der Waals surface area contributed by atoms with E-state index in [1.165, 1.54) is 0 Å². The highest BCUT2D eigenvalue weighted by molar-refractivity contribution is 5.15. The maximum absolute atomic E-state index is 9.65. The Morgan fingerprint density at radius 3 is 2.89 bits per heavy atom. The van der Waals surface area contributed by atoms with E-state index in [9.17, 15) is 5.11 Å². The molecule has 0 radical (unpaired) electrons. The molecule has 0 saturated heterocycles. The summed E-state index contributed by atoms with van der Waals surface area (Å²) >= 11 is 0. The molecule has 0 saturated carbocycles. The zero-order chi connectivity index (χ0) is 13.4. The molecule has 6 heteroatoms. The van der Waals surface area contributed by atoms with Gasteiger partial charge in [0.25, 0.3) is 0 Å². The van der Waals surface area contributed by atoms with Crippen molar-refractivity contribution in [2.24, 2.45) is 7.05 Å². The summed E-state index contributed by atoms with van der Waals surface area (Å²) in [7, 11) is 3.54. The van der Waals surface area contributed by atoms with Crippen LogP contribution >= 0.6 is 0 Å². The van der Waals surface area contributed by atoms with Crippen molar-refractivity contribution in [3.8, 4) is 0 Å². The molecule has 0 aliphatic carbocycles. The Hall–Kier alpha value is -0.950. The quantitative estimate of drug-likeness (QED) is 0.602. The van der Waals surface area contributed by atoms with Gasteiger partial charge in [-0.1, -0.05) is 0 Å². The minimum absolute atomic E-state index is 0.322. The van der Waals surface area contributed by atoms with Gasteiger partial charge in [0.2, 0.25) is 0 Å². The molecule has 104 valence electrons. The number of aromatic nitrogens is 2. The number of hydrogen-bond acceptors (Lipinski definition) is 5. The molecule has 1 rings (SSSR count). The van der Waals surface area contributed by atoms with Crippen molar-refractivity contribution in [2.45, 2.75) is 19.6 Å². The number of aliphatic hydroxyl groups is 1. The zero-order valence-electron chi connectivity index (χ0n) is 11.3. The SMILES string of the molecule is COCCOCC(O)CNCc1cnn(C)c1C. The fourth-order valence-corrected chi connectivity index (χ4v) is 1.51. The Morgan fingerprint density at radius 1 is 1.50 bits per heavy atom. The highest BCUT2D eigenvalue weighted by Crippen LogP contribution is 2.04.